The lowest BCUT2D eigenvalue weighted by molar-refractivity contribution is 0.674. The minimum absolute atomic E-state index is 0.923. The summed E-state index contributed by atoms with van der Waals surface area (Å²) in [4.78, 5) is 5.65. The number of benzene rings is 1. The van der Waals surface area contributed by atoms with E-state index in [-0.39, 0.29) is 0 Å². The summed E-state index contributed by atoms with van der Waals surface area (Å²) < 4.78 is 0. The van der Waals surface area contributed by atoms with E-state index in [9.17, 15) is 0 Å². The van der Waals surface area contributed by atoms with E-state index in [1.165, 1.54) is 16.9 Å². The van der Waals surface area contributed by atoms with Gasteiger partial charge in [0, 0.05) is 23.4 Å². The molecule has 3 heteroatoms. The first-order chi connectivity index (χ1) is 9.38. The predicted octanol–water partition coefficient (Wildman–Crippen LogP) is 3.87. The molecule has 1 aromatic carbocycles. The lowest BCUT2D eigenvalue weighted by Gasteiger charge is -2.06. The van der Waals surface area contributed by atoms with Crippen LogP contribution in [0.1, 0.15) is 24.6 Å². The largest absolute Gasteiger partial charge is 0.313 e. The van der Waals surface area contributed by atoms with E-state index in [0.29, 0.717) is 0 Å². The smallest absolute Gasteiger partial charge is 0.0506 e. The number of nitrogens with one attached hydrogen (secondary N) is 1. The Morgan fingerprint density at radius 1 is 1.16 bits per heavy atom. The molecule has 19 heavy (non-hydrogen) atoms. The summed E-state index contributed by atoms with van der Waals surface area (Å²) in [6.07, 6.45) is 3.02. The first-order valence-corrected chi connectivity index (χ1v) is 7.69. The summed E-state index contributed by atoms with van der Waals surface area (Å²) in [5.74, 6) is 0.923. The van der Waals surface area contributed by atoms with Crippen LogP contribution in [0.4, 0.5) is 0 Å². The van der Waals surface area contributed by atoms with Crippen LogP contribution in [0.15, 0.2) is 53.6 Å². The van der Waals surface area contributed by atoms with Crippen LogP contribution in [-0.2, 0) is 12.3 Å². The van der Waals surface area contributed by atoms with Gasteiger partial charge in [-0.05, 0) is 42.8 Å². The number of nitrogens with zero attached hydrogens (tertiary/aromatic N) is 1. The third kappa shape index (κ3) is 5.05. The van der Waals surface area contributed by atoms with E-state index >= 15 is 0 Å². The second-order valence-electron chi connectivity index (χ2n) is 4.43. The van der Waals surface area contributed by atoms with Crippen molar-refractivity contribution in [2.45, 2.75) is 30.5 Å². The van der Waals surface area contributed by atoms with Gasteiger partial charge in [0.1, 0.15) is 0 Å². The SMILES string of the molecule is CCCNCc1cccc(SCc2ccccn2)c1. The van der Waals surface area contributed by atoms with Crippen LogP contribution in [0.5, 0.6) is 0 Å². The Hall–Kier alpha value is -1.32. The zero-order valence-corrected chi connectivity index (χ0v) is 12.1. The number of thioether (sulfide) groups is 1. The molecule has 1 heterocycles. The third-order valence-corrected chi connectivity index (χ3v) is 3.79. The van der Waals surface area contributed by atoms with Crippen LogP contribution in [0.25, 0.3) is 0 Å². The van der Waals surface area contributed by atoms with Crippen LogP contribution in [0.3, 0.4) is 0 Å². The zero-order valence-electron chi connectivity index (χ0n) is 11.3. The van der Waals surface area contributed by atoms with E-state index in [1.807, 2.05) is 30.1 Å². The molecule has 2 rings (SSSR count). The quantitative estimate of drug-likeness (QED) is 0.612. The van der Waals surface area contributed by atoms with Gasteiger partial charge in [-0.2, -0.15) is 0 Å². The Balaban J connectivity index is 1.88. The Morgan fingerprint density at radius 2 is 2.11 bits per heavy atom. The molecule has 0 amide bonds. The Morgan fingerprint density at radius 3 is 2.89 bits per heavy atom. The number of hydrogen-bond donors (Lipinski definition) is 1. The maximum atomic E-state index is 4.34. The fraction of sp³-hybridized carbons (Fsp3) is 0.312. The van der Waals surface area contributed by atoms with E-state index in [1.54, 1.807) is 0 Å². The Bertz CT molecular complexity index is 485. The number of rotatable bonds is 7. The molecule has 2 aromatic rings. The molecular weight excluding hydrogens is 252 g/mol. The molecule has 0 saturated heterocycles. The molecule has 1 aromatic heterocycles. The van der Waals surface area contributed by atoms with E-state index in [4.69, 9.17) is 0 Å². The van der Waals surface area contributed by atoms with Crippen LogP contribution < -0.4 is 5.32 Å². The van der Waals surface area contributed by atoms with Gasteiger partial charge in [0.05, 0.1) is 5.69 Å². The van der Waals surface area contributed by atoms with Gasteiger partial charge in [0.15, 0.2) is 0 Å². The summed E-state index contributed by atoms with van der Waals surface area (Å²) in [6.45, 7) is 4.21. The Kier molecular flexibility index (Phi) is 5.92. The van der Waals surface area contributed by atoms with Gasteiger partial charge in [-0.15, -0.1) is 11.8 Å². The van der Waals surface area contributed by atoms with Crippen molar-refractivity contribution in [1.29, 1.82) is 0 Å². The topological polar surface area (TPSA) is 24.9 Å². The maximum Gasteiger partial charge on any atom is 0.0506 e. The minimum Gasteiger partial charge on any atom is -0.313 e. The molecule has 0 fully saturated rings. The summed E-state index contributed by atoms with van der Waals surface area (Å²) in [6, 6.07) is 14.8. The van der Waals surface area contributed by atoms with Gasteiger partial charge in [-0.1, -0.05) is 25.1 Å². The number of hydrogen-bond acceptors (Lipinski definition) is 3. The van der Waals surface area contributed by atoms with Gasteiger partial charge in [-0.3, -0.25) is 4.98 Å². The van der Waals surface area contributed by atoms with Crippen molar-refractivity contribution in [3.05, 3.63) is 59.9 Å². The van der Waals surface area contributed by atoms with Crippen molar-refractivity contribution >= 4 is 11.8 Å². The summed E-state index contributed by atoms with van der Waals surface area (Å²) in [7, 11) is 0. The average Bonchev–Trinajstić information content (AvgIpc) is 2.47. The molecule has 0 spiro atoms. The Labute approximate surface area is 119 Å². The molecule has 0 unspecified atom stereocenters. The minimum atomic E-state index is 0.923. The highest BCUT2D eigenvalue weighted by Crippen LogP contribution is 2.22. The molecule has 0 aliphatic rings. The second kappa shape index (κ2) is 7.97. The number of aromatic nitrogens is 1. The first kappa shape index (κ1) is 14.1. The van der Waals surface area contributed by atoms with E-state index < -0.39 is 0 Å². The molecule has 0 radical (unpaired) electrons. The molecule has 1 N–H and O–H groups in total. The summed E-state index contributed by atoms with van der Waals surface area (Å²) >= 11 is 1.84. The summed E-state index contributed by atoms with van der Waals surface area (Å²) in [5, 5.41) is 3.43. The molecule has 0 saturated carbocycles. The van der Waals surface area contributed by atoms with Crippen LogP contribution in [0, 0.1) is 0 Å². The van der Waals surface area contributed by atoms with Crippen molar-refractivity contribution in [3.63, 3.8) is 0 Å². The van der Waals surface area contributed by atoms with Crippen LogP contribution in [0.2, 0.25) is 0 Å². The zero-order chi connectivity index (χ0) is 13.3. The highest BCUT2D eigenvalue weighted by molar-refractivity contribution is 7.98. The molecule has 100 valence electrons. The lowest BCUT2D eigenvalue weighted by atomic mass is 10.2. The lowest BCUT2D eigenvalue weighted by Crippen LogP contribution is -2.13. The standard InChI is InChI=1S/C16H20N2S/c1-2-9-17-12-14-6-5-8-16(11-14)19-13-15-7-3-4-10-18-15/h3-8,10-11,17H,2,9,12-13H2,1H3. The van der Waals surface area contributed by atoms with Gasteiger partial charge in [0.25, 0.3) is 0 Å². The first-order valence-electron chi connectivity index (χ1n) is 6.71. The van der Waals surface area contributed by atoms with Gasteiger partial charge >= 0.3 is 0 Å². The normalized spacial score (nSPS) is 10.6. The van der Waals surface area contributed by atoms with Crippen LogP contribution >= 0.6 is 11.8 Å². The van der Waals surface area contributed by atoms with E-state index in [2.05, 4.69) is 47.6 Å². The predicted molar refractivity (Wildman–Crippen MR) is 82.2 cm³/mol. The molecule has 0 aliphatic heterocycles. The highest BCUT2D eigenvalue weighted by atomic mass is 32.2. The highest BCUT2D eigenvalue weighted by Gasteiger charge is 1.99. The monoisotopic (exact) mass is 272 g/mol. The van der Waals surface area contributed by atoms with Crippen molar-refractivity contribution in [2.24, 2.45) is 0 Å². The fourth-order valence-electron chi connectivity index (χ4n) is 1.80. The molecule has 2 nitrogen and oxygen atoms in total. The van der Waals surface area contributed by atoms with Crippen molar-refractivity contribution in [1.82, 2.24) is 10.3 Å². The van der Waals surface area contributed by atoms with Crippen molar-refractivity contribution < 1.29 is 0 Å². The van der Waals surface area contributed by atoms with E-state index in [0.717, 1.165) is 24.5 Å². The molecule has 0 aliphatic carbocycles. The molecule has 0 bridgehead atoms. The summed E-state index contributed by atoms with van der Waals surface area (Å²) in [5.41, 5.74) is 2.47. The average molecular weight is 272 g/mol. The third-order valence-electron chi connectivity index (χ3n) is 2.77. The van der Waals surface area contributed by atoms with Gasteiger partial charge < -0.3 is 5.32 Å². The van der Waals surface area contributed by atoms with Gasteiger partial charge in [0.2, 0.25) is 0 Å². The van der Waals surface area contributed by atoms with Crippen molar-refractivity contribution in [3.8, 4) is 0 Å². The fourth-order valence-corrected chi connectivity index (χ4v) is 2.69. The maximum absolute atomic E-state index is 4.34. The van der Waals surface area contributed by atoms with Crippen LogP contribution in [-0.4, -0.2) is 11.5 Å². The second-order valence-corrected chi connectivity index (χ2v) is 5.48. The molecular formula is C16H20N2S. The molecule has 0 atom stereocenters. The van der Waals surface area contributed by atoms with Gasteiger partial charge in [-0.25, -0.2) is 0 Å². The van der Waals surface area contributed by atoms with Crippen molar-refractivity contribution in [2.75, 3.05) is 6.54 Å². The number of pyridine rings is 1.